The van der Waals surface area contributed by atoms with Gasteiger partial charge in [0.05, 0.1) is 0 Å². The normalized spacial score (nSPS) is 10.3. The van der Waals surface area contributed by atoms with Crippen molar-refractivity contribution in [2.45, 2.75) is 6.92 Å². The molecule has 0 fully saturated rings. The van der Waals surface area contributed by atoms with Crippen molar-refractivity contribution in [1.82, 2.24) is 19.6 Å². The van der Waals surface area contributed by atoms with Gasteiger partial charge in [-0.3, -0.25) is 19.0 Å². The van der Waals surface area contributed by atoms with E-state index < -0.39 is 11.9 Å². The van der Waals surface area contributed by atoms with Crippen LogP contribution in [0, 0.1) is 0 Å². The Bertz CT molecular complexity index is 760. The number of aryl methyl sites for hydroxylation is 2. The van der Waals surface area contributed by atoms with Crippen LogP contribution in [0.5, 0.6) is 0 Å². The van der Waals surface area contributed by atoms with Crippen molar-refractivity contribution in [3.8, 4) is 0 Å². The number of carbonyl (C=O) groups is 3. The Morgan fingerprint density at radius 3 is 2.00 bits per heavy atom. The maximum atomic E-state index is 12.1. The Balaban J connectivity index is 2.19. The van der Waals surface area contributed by atoms with Gasteiger partial charge in [-0.05, 0) is 0 Å². The van der Waals surface area contributed by atoms with E-state index in [0.29, 0.717) is 5.82 Å². The molecular weight excluding hydrogens is 292 g/mol. The second kappa shape index (κ2) is 5.68. The van der Waals surface area contributed by atoms with Crippen LogP contribution in [-0.2, 0) is 18.9 Å². The predicted octanol–water partition coefficient (Wildman–Crippen LogP) is 0.0625. The molecule has 0 aliphatic carbocycles. The van der Waals surface area contributed by atoms with E-state index in [1.165, 1.54) is 35.5 Å². The standard InChI is InChI=1S/C12H14N6O4/c1-6(19)13-9-4-7(15-17(9)2)11(20)14-10-5-8(12(21)22)16-18(10)3/h4-5H,1-3H3,(H,13,19)(H,14,20)(H,21,22). The highest BCUT2D eigenvalue weighted by molar-refractivity contribution is 6.03. The van der Waals surface area contributed by atoms with Gasteiger partial charge in [0.15, 0.2) is 11.4 Å². The van der Waals surface area contributed by atoms with Crippen molar-refractivity contribution >= 4 is 29.4 Å². The van der Waals surface area contributed by atoms with Crippen LogP contribution in [0.25, 0.3) is 0 Å². The lowest BCUT2D eigenvalue weighted by Gasteiger charge is -2.01. The molecule has 2 amide bonds. The maximum Gasteiger partial charge on any atom is 0.356 e. The summed E-state index contributed by atoms with van der Waals surface area (Å²) in [5.74, 6) is -1.44. The Kier molecular flexibility index (Phi) is 3.93. The third-order valence-corrected chi connectivity index (χ3v) is 2.76. The monoisotopic (exact) mass is 306 g/mol. The Morgan fingerprint density at radius 1 is 1.00 bits per heavy atom. The molecular formula is C12H14N6O4. The molecule has 0 spiro atoms. The number of anilines is 2. The minimum atomic E-state index is -1.19. The van der Waals surface area contributed by atoms with E-state index >= 15 is 0 Å². The number of aromatic nitrogens is 4. The fourth-order valence-corrected chi connectivity index (χ4v) is 1.74. The zero-order valence-electron chi connectivity index (χ0n) is 12.1. The summed E-state index contributed by atoms with van der Waals surface area (Å²) in [4.78, 5) is 34.0. The molecule has 3 N–H and O–H groups in total. The van der Waals surface area contributed by atoms with Crippen molar-refractivity contribution in [3.05, 3.63) is 23.5 Å². The highest BCUT2D eigenvalue weighted by atomic mass is 16.4. The molecule has 0 bridgehead atoms. The molecule has 10 nitrogen and oxygen atoms in total. The van der Waals surface area contributed by atoms with Gasteiger partial charge < -0.3 is 15.7 Å². The van der Waals surface area contributed by atoms with Gasteiger partial charge >= 0.3 is 5.97 Å². The van der Waals surface area contributed by atoms with Gasteiger partial charge in [-0.25, -0.2) is 4.79 Å². The lowest BCUT2D eigenvalue weighted by Crippen LogP contribution is -2.15. The third-order valence-electron chi connectivity index (χ3n) is 2.76. The topological polar surface area (TPSA) is 131 Å². The van der Waals surface area contributed by atoms with Crippen LogP contribution < -0.4 is 10.6 Å². The molecule has 22 heavy (non-hydrogen) atoms. The van der Waals surface area contributed by atoms with Crippen LogP contribution >= 0.6 is 0 Å². The summed E-state index contributed by atoms with van der Waals surface area (Å²) in [5, 5.41) is 21.6. The number of nitrogens with one attached hydrogen (secondary N) is 2. The third kappa shape index (κ3) is 3.11. The first kappa shape index (κ1) is 15.2. The van der Waals surface area contributed by atoms with Crippen LogP contribution in [0.2, 0.25) is 0 Å². The average molecular weight is 306 g/mol. The number of carboxylic acids is 1. The molecule has 0 radical (unpaired) electrons. The fraction of sp³-hybridized carbons (Fsp3) is 0.250. The SMILES string of the molecule is CC(=O)Nc1cc(C(=O)Nc2cc(C(=O)O)nn2C)nn1C. The van der Waals surface area contributed by atoms with Crippen LogP contribution in [0.4, 0.5) is 11.6 Å². The Hall–Kier alpha value is -3.17. The van der Waals surface area contributed by atoms with E-state index in [-0.39, 0.29) is 23.1 Å². The molecule has 0 aromatic carbocycles. The minimum Gasteiger partial charge on any atom is -0.476 e. The number of rotatable bonds is 4. The summed E-state index contributed by atoms with van der Waals surface area (Å²) in [6.45, 7) is 1.34. The molecule has 2 heterocycles. The summed E-state index contributed by atoms with van der Waals surface area (Å²) in [6.07, 6.45) is 0. The number of hydrogen-bond donors (Lipinski definition) is 3. The van der Waals surface area contributed by atoms with Crippen molar-refractivity contribution < 1.29 is 19.5 Å². The Labute approximate surface area is 124 Å². The van der Waals surface area contributed by atoms with Crippen molar-refractivity contribution in [2.75, 3.05) is 10.6 Å². The van der Waals surface area contributed by atoms with Gasteiger partial charge in [0, 0.05) is 33.2 Å². The number of nitrogens with zero attached hydrogens (tertiary/aromatic N) is 4. The summed E-state index contributed by atoms with van der Waals surface area (Å²) < 4.78 is 2.58. The van der Waals surface area contributed by atoms with E-state index in [1.807, 2.05) is 0 Å². The van der Waals surface area contributed by atoms with Crippen LogP contribution in [0.3, 0.4) is 0 Å². The van der Waals surface area contributed by atoms with Gasteiger partial charge in [-0.15, -0.1) is 0 Å². The average Bonchev–Trinajstić information content (AvgIpc) is 2.94. The van der Waals surface area contributed by atoms with E-state index in [2.05, 4.69) is 20.8 Å². The predicted molar refractivity (Wildman–Crippen MR) is 75.6 cm³/mol. The summed E-state index contributed by atoms with van der Waals surface area (Å²) in [5.41, 5.74) is -0.109. The smallest absolute Gasteiger partial charge is 0.356 e. The van der Waals surface area contributed by atoms with Crippen LogP contribution in [0.1, 0.15) is 27.9 Å². The largest absolute Gasteiger partial charge is 0.476 e. The van der Waals surface area contributed by atoms with Crippen LogP contribution in [-0.4, -0.2) is 42.5 Å². The fourth-order valence-electron chi connectivity index (χ4n) is 1.74. The molecule has 0 atom stereocenters. The second-order valence-corrected chi connectivity index (χ2v) is 4.52. The first-order valence-electron chi connectivity index (χ1n) is 6.18. The van der Waals surface area contributed by atoms with Crippen molar-refractivity contribution in [2.24, 2.45) is 14.1 Å². The minimum absolute atomic E-state index is 0.0734. The zero-order chi connectivity index (χ0) is 16.4. The van der Waals surface area contributed by atoms with Gasteiger partial charge in [0.1, 0.15) is 11.6 Å². The summed E-state index contributed by atoms with van der Waals surface area (Å²) in [6, 6.07) is 2.64. The highest BCUT2D eigenvalue weighted by Crippen LogP contribution is 2.13. The van der Waals surface area contributed by atoms with Gasteiger partial charge in [-0.2, -0.15) is 10.2 Å². The van der Waals surface area contributed by atoms with E-state index in [9.17, 15) is 14.4 Å². The van der Waals surface area contributed by atoms with E-state index in [1.54, 1.807) is 7.05 Å². The second-order valence-electron chi connectivity index (χ2n) is 4.52. The van der Waals surface area contributed by atoms with E-state index in [0.717, 1.165) is 0 Å². The molecule has 0 saturated heterocycles. The maximum absolute atomic E-state index is 12.1. The molecule has 2 aromatic rings. The molecule has 2 aromatic heterocycles. The summed E-state index contributed by atoms with van der Waals surface area (Å²) in [7, 11) is 3.08. The van der Waals surface area contributed by atoms with E-state index in [4.69, 9.17) is 5.11 Å². The van der Waals surface area contributed by atoms with Crippen molar-refractivity contribution in [1.29, 1.82) is 0 Å². The van der Waals surface area contributed by atoms with Gasteiger partial charge in [0.2, 0.25) is 5.91 Å². The first-order chi connectivity index (χ1) is 10.3. The number of amides is 2. The highest BCUT2D eigenvalue weighted by Gasteiger charge is 2.17. The zero-order valence-corrected chi connectivity index (χ0v) is 12.1. The molecule has 2 rings (SSSR count). The molecule has 0 aliphatic rings. The number of carboxylic acid groups (broad SMARTS) is 1. The molecule has 0 unspecified atom stereocenters. The lowest BCUT2D eigenvalue weighted by molar-refractivity contribution is -0.114. The Morgan fingerprint density at radius 2 is 1.50 bits per heavy atom. The molecule has 0 saturated carbocycles. The quantitative estimate of drug-likeness (QED) is 0.732. The van der Waals surface area contributed by atoms with Gasteiger partial charge in [0.25, 0.3) is 5.91 Å². The summed E-state index contributed by atoms with van der Waals surface area (Å²) >= 11 is 0. The molecule has 10 heteroatoms. The molecule has 0 aliphatic heterocycles. The van der Waals surface area contributed by atoms with Crippen molar-refractivity contribution in [3.63, 3.8) is 0 Å². The number of aromatic carboxylic acids is 1. The van der Waals surface area contributed by atoms with Crippen LogP contribution in [0.15, 0.2) is 12.1 Å². The first-order valence-corrected chi connectivity index (χ1v) is 6.18. The number of carbonyl (C=O) groups excluding carboxylic acids is 2. The van der Waals surface area contributed by atoms with Gasteiger partial charge in [-0.1, -0.05) is 0 Å². The lowest BCUT2D eigenvalue weighted by atomic mass is 10.3. The number of hydrogen-bond acceptors (Lipinski definition) is 5. The molecule has 116 valence electrons.